The van der Waals surface area contributed by atoms with Gasteiger partial charge in [0.1, 0.15) is 9.03 Å². The van der Waals surface area contributed by atoms with Gasteiger partial charge in [0.2, 0.25) is 0 Å². The predicted octanol–water partition coefficient (Wildman–Crippen LogP) is -0.193. The van der Waals surface area contributed by atoms with E-state index in [1.165, 1.54) is 0 Å². The molecule has 1 unspecified atom stereocenters. The molecule has 42 valence electrons. The molecule has 0 spiro atoms. The van der Waals surface area contributed by atoms with E-state index in [4.69, 9.17) is 9.55 Å². The minimum atomic E-state index is -0.457. The summed E-state index contributed by atoms with van der Waals surface area (Å²) >= 11 is 0. The normalized spacial score (nSPS) is 10.6. The van der Waals surface area contributed by atoms with Crippen molar-refractivity contribution in [3.05, 3.63) is 0 Å². The SMILES string of the molecule is CCOBOPO. The Morgan fingerprint density at radius 1 is 1.86 bits per heavy atom. The van der Waals surface area contributed by atoms with E-state index in [0.29, 0.717) is 6.61 Å². The summed E-state index contributed by atoms with van der Waals surface area (Å²) in [6.45, 7) is 2.49. The van der Waals surface area contributed by atoms with Gasteiger partial charge in [-0.2, -0.15) is 0 Å². The van der Waals surface area contributed by atoms with Crippen molar-refractivity contribution in [3.8, 4) is 0 Å². The second-order valence-electron chi connectivity index (χ2n) is 0.846. The summed E-state index contributed by atoms with van der Waals surface area (Å²) in [5.41, 5.74) is 0. The minimum absolute atomic E-state index is 0.200. The third-order valence-corrected chi connectivity index (χ3v) is 0.658. The van der Waals surface area contributed by atoms with E-state index in [9.17, 15) is 0 Å². The van der Waals surface area contributed by atoms with Gasteiger partial charge in [0, 0.05) is 6.61 Å². The topological polar surface area (TPSA) is 38.7 Å². The molecule has 0 fully saturated rings. The zero-order chi connectivity index (χ0) is 5.54. The van der Waals surface area contributed by atoms with Gasteiger partial charge in [-0.3, -0.25) is 0 Å². The Kier molecular flexibility index (Phi) is 6.72. The summed E-state index contributed by atoms with van der Waals surface area (Å²) in [6, 6.07) is 0. The highest BCUT2D eigenvalue weighted by Gasteiger charge is 1.84. The Bertz CT molecular complexity index is 32.1. The van der Waals surface area contributed by atoms with Gasteiger partial charge in [-0.1, -0.05) is 0 Å². The van der Waals surface area contributed by atoms with Crippen molar-refractivity contribution in [2.24, 2.45) is 0 Å². The van der Waals surface area contributed by atoms with Crippen molar-refractivity contribution >= 4 is 16.7 Å². The Morgan fingerprint density at radius 2 is 2.57 bits per heavy atom. The molecule has 7 heavy (non-hydrogen) atoms. The summed E-state index contributed by atoms with van der Waals surface area (Å²) < 4.78 is 9.13. The monoisotopic (exact) mass is 122 g/mol. The lowest BCUT2D eigenvalue weighted by atomic mass is 10.4. The molecule has 0 aromatic carbocycles. The first-order valence-corrected chi connectivity index (χ1v) is 2.86. The summed E-state index contributed by atoms with van der Waals surface area (Å²) in [7, 11) is -0.258. The average molecular weight is 122 g/mol. The van der Waals surface area contributed by atoms with E-state index in [0.717, 1.165) is 0 Å². The van der Waals surface area contributed by atoms with Gasteiger partial charge in [0.05, 0.1) is 0 Å². The first-order chi connectivity index (χ1) is 3.41. The molecular weight excluding hydrogens is 114 g/mol. The molecular formula is C2H8BO3P. The average Bonchev–Trinajstić information content (AvgIpc) is 1.69. The molecule has 0 heterocycles. The van der Waals surface area contributed by atoms with E-state index in [2.05, 4.69) is 4.44 Å². The fraction of sp³-hybridized carbons (Fsp3) is 1.00. The molecule has 0 aromatic heterocycles. The highest BCUT2D eigenvalue weighted by molar-refractivity contribution is 7.26. The van der Waals surface area contributed by atoms with Crippen molar-refractivity contribution in [1.29, 1.82) is 0 Å². The van der Waals surface area contributed by atoms with Crippen LogP contribution in [0.25, 0.3) is 0 Å². The van der Waals surface area contributed by atoms with Gasteiger partial charge in [-0.15, -0.1) is 0 Å². The molecule has 0 saturated carbocycles. The molecule has 0 amide bonds. The van der Waals surface area contributed by atoms with Crippen LogP contribution >= 0.6 is 9.03 Å². The second kappa shape index (κ2) is 6.37. The molecule has 0 saturated heterocycles. The maximum atomic E-state index is 8.02. The molecule has 0 bridgehead atoms. The van der Waals surface area contributed by atoms with Crippen molar-refractivity contribution in [2.45, 2.75) is 6.92 Å². The molecule has 0 rings (SSSR count). The molecule has 0 aliphatic carbocycles. The van der Waals surface area contributed by atoms with Crippen molar-refractivity contribution < 1.29 is 14.0 Å². The quantitative estimate of drug-likeness (QED) is 0.319. The number of hydrogen-bond donors (Lipinski definition) is 1. The van der Waals surface area contributed by atoms with Crippen LogP contribution in [0.15, 0.2) is 0 Å². The van der Waals surface area contributed by atoms with Gasteiger partial charge in [-0.05, 0) is 6.92 Å². The first kappa shape index (κ1) is 7.37. The van der Waals surface area contributed by atoms with Crippen LogP contribution in [-0.2, 0) is 9.10 Å². The van der Waals surface area contributed by atoms with E-state index in [1.807, 2.05) is 6.92 Å². The van der Waals surface area contributed by atoms with Crippen LogP contribution in [0.3, 0.4) is 0 Å². The number of rotatable bonds is 4. The summed E-state index contributed by atoms with van der Waals surface area (Å²) in [4.78, 5) is 8.02. The maximum Gasteiger partial charge on any atom is 0.442 e. The first-order valence-electron chi connectivity index (χ1n) is 2.00. The van der Waals surface area contributed by atoms with Crippen LogP contribution in [0.1, 0.15) is 6.92 Å². The molecule has 3 nitrogen and oxygen atoms in total. The van der Waals surface area contributed by atoms with E-state index in [1.54, 1.807) is 0 Å². The van der Waals surface area contributed by atoms with Gasteiger partial charge in [0.25, 0.3) is 0 Å². The fourth-order valence-electron chi connectivity index (χ4n) is 0.151. The van der Waals surface area contributed by atoms with E-state index >= 15 is 0 Å². The molecule has 0 aliphatic rings. The van der Waals surface area contributed by atoms with Gasteiger partial charge in [0.15, 0.2) is 0 Å². The molecule has 5 heteroatoms. The van der Waals surface area contributed by atoms with E-state index < -0.39 is 9.03 Å². The van der Waals surface area contributed by atoms with Crippen LogP contribution < -0.4 is 0 Å². The third kappa shape index (κ3) is 6.37. The summed E-state index contributed by atoms with van der Waals surface area (Å²) in [6.07, 6.45) is 0. The van der Waals surface area contributed by atoms with Crippen LogP contribution in [0, 0.1) is 0 Å². The summed E-state index contributed by atoms with van der Waals surface area (Å²) in [5, 5.41) is 0. The third-order valence-electron chi connectivity index (χ3n) is 0.411. The highest BCUT2D eigenvalue weighted by Crippen LogP contribution is 1.99. The molecule has 1 N–H and O–H groups in total. The maximum absolute atomic E-state index is 8.02. The lowest BCUT2D eigenvalue weighted by molar-refractivity contribution is 0.310. The fourth-order valence-corrected chi connectivity index (χ4v) is 0.287. The Hall–Kier alpha value is 0.375. The van der Waals surface area contributed by atoms with E-state index in [-0.39, 0.29) is 7.69 Å². The molecule has 1 atom stereocenters. The molecule has 0 radical (unpaired) electrons. The van der Waals surface area contributed by atoms with Gasteiger partial charge >= 0.3 is 7.69 Å². The van der Waals surface area contributed by atoms with Crippen molar-refractivity contribution in [1.82, 2.24) is 0 Å². The number of hydrogen-bond acceptors (Lipinski definition) is 3. The van der Waals surface area contributed by atoms with Crippen LogP contribution in [0.2, 0.25) is 0 Å². The zero-order valence-corrected chi connectivity index (χ0v) is 5.18. The van der Waals surface area contributed by atoms with Crippen LogP contribution in [0.4, 0.5) is 0 Å². The van der Waals surface area contributed by atoms with Crippen LogP contribution in [0.5, 0.6) is 0 Å². The largest absolute Gasteiger partial charge is 0.442 e. The standard InChI is InChI=1S/C2H8BO3P/c1-2-5-3-6-7-4/h3-4,7H,2H2,1H3. The van der Waals surface area contributed by atoms with Crippen molar-refractivity contribution in [2.75, 3.05) is 6.61 Å². The Morgan fingerprint density at radius 3 is 3.00 bits per heavy atom. The lowest BCUT2D eigenvalue weighted by Crippen LogP contribution is -1.96. The predicted molar refractivity (Wildman–Crippen MR) is 30.4 cm³/mol. The Balaban J connectivity index is 2.45. The summed E-state index contributed by atoms with van der Waals surface area (Å²) in [5.74, 6) is 0. The van der Waals surface area contributed by atoms with Gasteiger partial charge in [-0.25, -0.2) is 0 Å². The van der Waals surface area contributed by atoms with Gasteiger partial charge < -0.3 is 14.0 Å². The highest BCUT2D eigenvalue weighted by atomic mass is 31.1. The Labute approximate surface area is 45.3 Å². The molecule has 0 aliphatic heterocycles. The second-order valence-corrected chi connectivity index (χ2v) is 1.32. The van der Waals surface area contributed by atoms with Crippen LogP contribution in [-0.4, -0.2) is 19.2 Å². The zero-order valence-electron chi connectivity index (χ0n) is 4.18. The lowest BCUT2D eigenvalue weighted by Gasteiger charge is -1.93. The minimum Gasteiger partial charge on any atom is -0.414 e. The smallest absolute Gasteiger partial charge is 0.414 e. The molecule has 0 aromatic rings. The van der Waals surface area contributed by atoms with Crippen molar-refractivity contribution in [3.63, 3.8) is 0 Å².